The molecule has 2 heterocycles. The van der Waals surface area contributed by atoms with E-state index in [9.17, 15) is 4.55 Å². The van der Waals surface area contributed by atoms with Gasteiger partial charge in [-0.3, -0.25) is 4.68 Å². The van der Waals surface area contributed by atoms with Gasteiger partial charge in [0.25, 0.3) is 0 Å². The summed E-state index contributed by atoms with van der Waals surface area (Å²) in [6, 6.07) is 2.55. The van der Waals surface area contributed by atoms with Crippen LogP contribution in [0.15, 0.2) is 12.3 Å². The first-order valence-electron chi connectivity index (χ1n) is 6.51. The van der Waals surface area contributed by atoms with Gasteiger partial charge in [0, 0.05) is 17.6 Å². The van der Waals surface area contributed by atoms with Crippen molar-refractivity contribution in [1.82, 2.24) is 14.5 Å². The summed E-state index contributed by atoms with van der Waals surface area (Å²) in [6.45, 7) is 10.6. The first-order chi connectivity index (χ1) is 8.30. The number of fused-ring (bicyclic) bond motifs is 1. The number of nitrogens with zero attached hydrogens (tertiary/aromatic N) is 2. The fourth-order valence-corrected chi connectivity index (χ4v) is 3.18. The molecule has 1 aromatic heterocycles. The predicted molar refractivity (Wildman–Crippen MR) is 74.5 cm³/mol. The molecule has 0 saturated carbocycles. The van der Waals surface area contributed by atoms with E-state index in [-0.39, 0.29) is 16.7 Å². The largest absolute Gasteiger partial charge is 0.598 e. The number of rotatable bonds is 3. The van der Waals surface area contributed by atoms with Gasteiger partial charge in [-0.25, -0.2) is 0 Å². The minimum absolute atomic E-state index is 0.134. The third-order valence-electron chi connectivity index (χ3n) is 3.50. The third kappa shape index (κ3) is 2.58. The van der Waals surface area contributed by atoms with E-state index >= 15 is 0 Å². The van der Waals surface area contributed by atoms with Crippen LogP contribution in [0.5, 0.6) is 0 Å². The highest BCUT2D eigenvalue weighted by Crippen LogP contribution is 2.43. The van der Waals surface area contributed by atoms with Crippen molar-refractivity contribution < 1.29 is 4.55 Å². The summed E-state index contributed by atoms with van der Waals surface area (Å²) < 4.78 is 17.3. The zero-order chi connectivity index (χ0) is 13.5. The fraction of sp³-hybridized carbons (Fsp3) is 0.769. The lowest BCUT2D eigenvalue weighted by Gasteiger charge is -2.27. The lowest BCUT2D eigenvalue weighted by atomic mass is 9.85. The summed E-state index contributed by atoms with van der Waals surface area (Å²) in [5.41, 5.74) is 1.32. The molecule has 1 aliphatic rings. The van der Waals surface area contributed by atoms with Crippen molar-refractivity contribution in [3.63, 3.8) is 0 Å². The standard InChI is InChI=1S/C13H23N3OS/c1-9(2)18(17)15-10-8-12(13(3,4)5)16-11(10)6-7-14-16/h6-7,9-10,12,15H,8H2,1-5H3/t10-,12+,18+/m1/s1. The van der Waals surface area contributed by atoms with Crippen LogP contribution in [0.25, 0.3) is 0 Å². The summed E-state index contributed by atoms with van der Waals surface area (Å²) >= 11 is -0.986. The van der Waals surface area contributed by atoms with Gasteiger partial charge in [0.15, 0.2) is 0 Å². The zero-order valence-electron chi connectivity index (χ0n) is 11.8. The van der Waals surface area contributed by atoms with Crippen LogP contribution in [0.1, 0.15) is 58.8 Å². The smallest absolute Gasteiger partial charge is 0.129 e. The molecule has 0 amide bonds. The van der Waals surface area contributed by atoms with Crippen molar-refractivity contribution >= 4 is 11.4 Å². The second-order valence-electron chi connectivity index (χ2n) is 6.33. The number of hydrogen-bond donors (Lipinski definition) is 1. The molecule has 0 fully saturated rings. The van der Waals surface area contributed by atoms with Crippen LogP contribution in [-0.2, 0) is 11.4 Å². The summed E-state index contributed by atoms with van der Waals surface area (Å²) in [5.74, 6) is 0. The van der Waals surface area contributed by atoms with Gasteiger partial charge in [-0.2, -0.15) is 5.10 Å². The number of nitrogens with one attached hydrogen (secondary N) is 1. The molecule has 0 bridgehead atoms. The Kier molecular flexibility index (Phi) is 3.76. The van der Waals surface area contributed by atoms with Crippen molar-refractivity contribution in [3.05, 3.63) is 18.0 Å². The number of hydrogen-bond acceptors (Lipinski definition) is 3. The molecule has 1 aliphatic heterocycles. The summed E-state index contributed by atoms with van der Waals surface area (Å²) in [5, 5.41) is 4.56. The summed E-state index contributed by atoms with van der Waals surface area (Å²) in [6.07, 6.45) is 2.80. The molecule has 2 rings (SSSR count). The van der Waals surface area contributed by atoms with Crippen LogP contribution in [0.4, 0.5) is 0 Å². The first-order valence-corrected chi connectivity index (χ1v) is 7.72. The Morgan fingerprint density at radius 2 is 2.17 bits per heavy atom. The van der Waals surface area contributed by atoms with Gasteiger partial charge < -0.3 is 4.55 Å². The van der Waals surface area contributed by atoms with Gasteiger partial charge in [-0.1, -0.05) is 20.8 Å². The quantitative estimate of drug-likeness (QED) is 0.858. The molecule has 0 spiro atoms. The first kappa shape index (κ1) is 13.9. The molecule has 1 N–H and O–H groups in total. The molecular formula is C13H23N3OS. The molecule has 3 atom stereocenters. The maximum Gasteiger partial charge on any atom is 0.129 e. The minimum atomic E-state index is -0.986. The third-order valence-corrected chi connectivity index (χ3v) is 4.87. The number of aromatic nitrogens is 2. The van der Waals surface area contributed by atoms with Crippen LogP contribution in [0.2, 0.25) is 0 Å². The Morgan fingerprint density at radius 1 is 1.50 bits per heavy atom. The Balaban J connectivity index is 2.18. The highest BCUT2D eigenvalue weighted by Gasteiger charge is 2.40. The highest BCUT2D eigenvalue weighted by molar-refractivity contribution is 7.90. The molecule has 1 aromatic rings. The molecule has 0 aliphatic carbocycles. The van der Waals surface area contributed by atoms with Crippen LogP contribution in [-0.4, -0.2) is 19.6 Å². The summed E-state index contributed by atoms with van der Waals surface area (Å²) in [4.78, 5) is 0. The second kappa shape index (κ2) is 4.87. The SMILES string of the molecule is CC(C)[S@+]([O-])N[C@@H]1C[C@@H](C(C)(C)C)n2nccc21. The lowest BCUT2D eigenvalue weighted by molar-refractivity contribution is 0.229. The Hall–Kier alpha value is -0.520. The average Bonchev–Trinajstić information content (AvgIpc) is 2.79. The van der Waals surface area contributed by atoms with Gasteiger partial charge in [0.05, 0.1) is 17.8 Å². The predicted octanol–water partition coefficient (Wildman–Crippen LogP) is 2.58. The van der Waals surface area contributed by atoms with Crippen molar-refractivity contribution in [1.29, 1.82) is 0 Å². The Labute approximate surface area is 112 Å². The van der Waals surface area contributed by atoms with E-state index in [0.29, 0.717) is 6.04 Å². The molecule has 0 aromatic carbocycles. The fourth-order valence-electron chi connectivity index (χ4n) is 2.41. The molecule has 0 saturated heterocycles. The van der Waals surface area contributed by atoms with Crippen molar-refractivity contribution in [2.75, 3.05) is 0 Å². The van der Waals surface area contributed by atoms with E-state index in [0.717, 1.165) is 12.1 Å². The average molecular weight is 269 g/mol. The van der Waals surface area contributed by atoms with Crippen molar-refractivity contribution in [3.8, 4) is 0 Å². The van der Waals surface area contributed by atoms with Crippen molar-refractivity contribution in [2.24, 2.45) is 5.41 Å². The van der Waals surface area contributed by atoms with Crippen molar-refractivity contribution in [2.45, 2.75) is 58.4 Å². The maximum atomic E-state index is 12.0. The van der Waals surface area contributed by atoms with Gasteiger partial charge in [-0.15, -0.1) is 4.72 Å². The van der Waals surface area contributed by atoms with Crippen LogP contribution in [0, 0.1) is 5.41 Å². The highest BCUT2D eigenvalue weighted by atomic mass is 32.2. The van der Waals surface area contributed by atoms with Gasteiger partial charge in [0.1, 0.15) is 5.25 Å². The lowest BCUT2D eigenvalue weighted by Crippen LogP contribution is -2.33. The van der Waals surface area contributed by atoms with Crippen LogP contribution in [0.3, 0.4) is 0 Å². The topological polar surface area (TPSA) is 52.9 Å². The van der Waals surface area contributed by atoms with E-state index in [4.69, 9.17) is 0 Å². The molecular weight excluding hydrogens is 246 g/mol. The van der Waals surface area contributed by atoms with E-state index in [1.54, 1.807) is 0 Å². The van der Waals surface area contributed by atoms with Gasteiger partial charge in [-0.05, 0) is 31.7 Å². The van der Waals surface area contributed by atoms with Gasteiger partial charge >= 0.3 is 0 Å². The Bertz CT molecular complexity index is 411. The molecule has 0 unspecified atom stereocenters. The normalized spacial score (nSPS) is 25.5. The molecule has 4 nitrogen and oxygen atoms in total. The Morgan fingerprint density at radius 3 is 2.72 bits per heavy atom. The molecule has 5 heteroatoms. The van der Waals surface area contributed by atoms with Crippen LogP contribution < -0.4 is 4.72 Å². The van der Waals surface area contributed by atoms with E-state index in [1.165, 1.54) is 0 Å². The zero-order valence-corrected chi connectivity index (χ0v) is 12.6. The molecule has 0 radical (unpaired) electrons. The maximum absolute atomic E-state index is 12.0. The molecule has 102 valence electrons. The monoisotopic (exact) mass is 269 g/mol. The molecule has 18 heavy (non-hydrogen) atoms. The van der Waals surface area contributed by atoms with E-state index < -0.39 is 11.4 Å². The second-order valence-corrected chi connectivity index (χ2v) is 8.11. The van der Waals surface area contributed by atoms with Gasteiger partial charge in [0.2, 0.25) is 0 Å². The summed E-state index contributed by atoms with van der Waals surface area (Å²) in [7, 11) is 0. The van der Waals surface area contributed by atoms with E-state index in [1.807, 2.05) is 26.1 Å². The van der Waals surface area contributed by atoms with E-state index in [2.05, 4.69) is 35.3 Å². The van der Waals surface area contributed by atoms with Crippen LogP contribution >= 0.6 is 0 Å². The minimum Gasteiger partial charge on any atom is -0.598 e.